The first kappa shape index (κ1) is 10.7. The Labute approximate surface area is 98.7 Å². The van der Waals surface area contributed by atoms with E-state index in [1.54, 1.807) is 48.5 Å². The Morgan fingerprint density at radius 3 is 2.31 bits per heavy atom. The van der Waals surface area contributed by atoms with E-state index in [2.05, 4.69) is 0 Å². The molecule has 0 fully saturated rings. The topological polar surface area (TPSA) is 43.1 Å². The summed E-state index contributed by atoms with van der Waals surface area (Å²) in [6.45, 7) is 0. The number of carbonyl (C=O) groups is 1. The van der Waals surface area contributed by atoms with Gasteiger partial charge in [-0.3, -0.25) is 4.79 Å². The quantitative estimate of drug-likeness (QED) is 0.637. The number of carbonyl (C=O) groups excluding carboxylic acids is 1. The fourth-order valence-electron chi connectivity index (χ4n) is 1.45. The monoisotopic (exact) mass is 231 g/mol. The maximum atomic E-state index is 12.0. The summed E-state index contributed by atoms with van der Waals surface area (Å²) in [5.74, 6) is -0.0519. The van der Waals surface area contributed by atoms with Crippen LogP contribution in [0.25, 0.3) is 0 Å². The number of ketones is 1. The van der Waals surface area contributed by atoms with Gasteiger partial charge in [-0.1, -0.05) is 23.7 Å². The smallest absolute Gasteiger partial charge is 0.193 e. The highest BCUT2D eigenvalue weighted by molar-refractivity contribution is 6.30. The summed E-state index contributed by atoms with van der Waals surface area (Å²) in [6, 6.07) is 13.7. The van der Waals surface area contributed by atoms with Gasteiger partial charge in [0.2, 0.25) is 0 Å². The molecule has 0 aliphatic rings. The minimum Gasteiger partial charge on any atom is -0.399 e. The summed E-state index contributed by atoms with van der Waals surface area (Å²) in [4.78, 5) is 12.0. The number of rotatable bonds is 2. The van der Waals surface area contributed by atoms with Crippen molar-refractivity contribution in [2.24, 2.45) is 0 Å². The third kappa shape index (κ3) is 2.23. The second kappa shape index (κ2) is 4.37. The number of nitrogens with two attached hydrogens (primary N) is 1. The molecule has 80 valence electrons. The molecule has 2 nitrogen and oxygen atoms in total. The lowest BCUT2D eigenvalue weighted by Gasteiger charge is -2.02. The Hall–Kier alpha value is -1.80. The van der Waals surface area contributed by atoms with Crippen molar-refractivity contribution in [2.45, 2.75) is 0 Å². The molecule has 2 aromatic rings. The van der Waals surface area contributed by atoms with Gasteiger partial charge in [0.05, 0.1) is 0 Å². The Kier molecular flexibility index (Phi) is 2.93. The first-order valence-electron chi connectivity index (χ1n) is 4.82. The number of hydrogen-bond donors (Lipinski definition) is 1. The summed E-state index contributed by atoms with van der Waals surface area (Å²) < 4.78 is 0. The van der Waals surface area contributed by atoms with Crippen molar-refractivity contribution in [3.05, 3.63) is 64.7 Å². The van der Waals surface area contributed by atoms with Gasteiger partial charge in [0.25, 0.3) is 0 Å². The van der Waals surface area contributed by atoms with Gasteiger partial charge < -0.3 is 5.73 Å². The van der Waals surface area contributed by atoms with Gasteiger partial charge in [-0.25, -0.2) is 0 Å². The van der Waals surface area contributed by atoms with Gasteiger partial charge >= 0.3 is 0 Å². The number of halogens is 1. The maximum absolute atomic E-state index is 12.0. The van der Waals surface area contributed by atoms with Gasteiger partial charge in [0.1, 0.15) is 0 Å². The number of anilines is 1. The Morgan fingerprint density at radius 1 is 1.00 bits per heavy atom. The predicted molar refractivity (Wildman–Crippen MR) is 65.7 cm³/mol. The molecule has 0 atom stereocenters. The maximum Gasteiger partial charge on any atom is 0.193 e. The zero-order valence-electron chi connectivity index (χ0n) is 8.48. The van der Waals surface area contributed by atoms with Crippen LogP contribution in [0.4, 0.5) is 5.69 Å². The summed E-state index contributed by atoms with van der Waals surface area (Å²) in [5, 5.41) is 0.615. The lowest BCUT2D eigenvalue weighted by molar-refractivity contribution is 0.103. The van der Waals surface area contributed by atoms with Crippen LogP contribution in [0.1, 0.15) is 15.9 Å². The van der Waals surface area contributed by atoms with E-state index in [0.29, 0.717) is 21.8 Å². The molecule has 0 amide bonds. The highest BCUT2D eigenvalue weighted by atomic mass is 35.5. The van der Waals surface area contributed by atoms with Crippen molar-refractivity contribution in [3.8, 4) is 0 Å². The SMILES string of the molecule is Nc1cccc(C(=O)c2ccc(Cl)cc2)c1. The first-order valence-corrected chi connectivity index (χ1v) is 5.20. The van der Waals surface area contributed by atoms with Crippen molar-refractivity contribution >= 4 is 23.1 Å². The lowest BCUT2D eigenvalue weighted by Crippen LogP contribution is -2.01. The van der Waals surface area contributed by atoms with Crippen molar-refractivity contribution in [3.63, 3.8) is 0 Å². The Bertz CT molecular complexity index is 520. The number of hydrogen-bond acceptors (Lipinski definition) is 2. The summed E-state index contributed by atoms with van der Waals surface area (Å²) in [6.07, 6.45) is 0. The van der Waals surface area contributed by atoms with E-state index in [9.17, 15) is 4.79 Å². The predicted octanol–water partition coefficient (Wildman–Crippen LogP) is 3.15. The van der Waals surface area contributed by atoms with Crippen molar-refractivity contribution in [1.82, 2.24) is 0 Å². The van der Waals surface area contributed by atoms with Crippen LogP contribution >= 0.6 is 11.6 Å². The molecule has 0 aliphatic carbocycles. The van der Waals surface area contributed by atoms with Gasteiger partial charge in [-0.15, -0.1) is 0 Å². The molecule has 0 heterocycles. The normalized spacial score (nSPS) is 10.1. The van der Waals surface area contributed by atoms with Crippen LogP contribution in [-0.2, 0) is 0 Å². The molecule has 0 saturated carbocycles. The molecule has 0 bridgehead atoms. The standard InChI is InChI=1S/C13H10ClNO/c14-11-6-4-9(5-7-11)13(16)10-2-1-3-12(15)8-10/h1-8H,15H2. The van der Waals surface area contributed by atoms with Crippen molar-refractivity contribution in [1.29, 1.82) is 0 Å². The molecule has 0 saturated heterocycles. The number of benzene rings is 2. The van der Waals surface area contributed by atoms with Crippen LogP contribution < -0.4 is 5.73 Å². The van der Waals surface area contributed by atoms with Crippen LogP contribution in [0.5, 0.6) is 0 Å². The minimum atomic E-state index is -0.0519. The first-order chi connectivity index (χ1) is 7.66. The van der Waals surface area contributed by atoms with Crippen LogP contribution in [0, 0.1) is 0 Å². The van der Waals surface area contributed by atoms with E-state index in [1.807, 2.05) is 0 Å². The molecule has 0 spiro atoms. The molecule has 0 unspecified atom stereocenters. The molecule has 3 heteroatoms. The minimum absolute atomic E-state index is 0.0519. The largest absolute Gasteiger partial charge is 0.399 e. The molecule has 2 aromatic carbocycles. The van der Waals surface area contributed by atoms with Crippen LogP contribution in [0.2, 0.25) is 5.02 Å². The molecular weight excluding hydrogens is 222 g/mol. The van der Waals surface area contributed by atoms with Crippen LogP contribution in [-0.4, -0.2) is 5.78 Å². The average Bonchev–Trinajstić information content (AvgIpc) is 2.29. The van der Waals surface area contributed by atoms with Crippen molar-refractivity contribution < 1.29 is 4.79 Å². The molecule has 0 aromatic heterocycles. The fourth-order valence-corrected chi connectivity index (χ4v) is 1.57. The zero-order valence-corrected chi connectivity index (χ0v) is 9.24. The van der Waals surface area contributed by atoms with Crippen LogP contribution in [0.3, 0.4) is 0 Å². The zero-order chi connectivity index (χ0) is 11.5. The summed E-state index contributed by atoms with van der Waals surface area (Å²) >= 11 is 5.76. The van der Waals surface area contributed by atoms with E-state index in [0.717, 1.165) is 0 Å². The van der Waals surface area contributed by atoms with E-state index in [1.165, 1.54) is 0 Å². The fraction of sp³-hybridized carbons (Fsp3) is 0. The van der Waals surface area contributed by atoms with Crippen LogP contribution in [0.15, 0.2) is 48.5 Å². The molecular formula is C13H10ClNO. The molecule has 0 radical (unpaired) electrons. The number of nitrogen functional groups attached to an aromatic ring is 1. The van der Waals surface area contributed by atoms with Gasteiger partial charge in [0, 0.05) is 21.8 Å². The highest BCUT2D eigenvalue weighted by Gasteiger charge is 2.08. The third-order valence-corrected chi connectivity index (χ3v) is 2.51. The van der Waals surface area contributed by atoms with E-state index >= 15 is 0 Å². The summed E-state index contributed by atoms with van der Waals surface area (Å²) in [5.41, 5.74) is 7.40. The highest BCUT2D eigenvalue weighted by Crippen LogP contribution is 2.15. The molecule has 2 N–H and O–H groups in total. The van der Waals surface area contributed by atoms with Crippen molar-refractivity contribution in [2.75, 3.05) is 5.73 Å². The van der Waals surface area contributed by atoms with E-state index < -0.39 is 0 Å². The van der Waals surface area contributed by atoms with Gasteiger partial charge in [-0.05, 0) is 36.4 Å². The molecule has 0 aliphatic heterocycles. The molecule has 16 heavy (non-hydrogen) atoms. The Balaban J connectivity index is 2.35. The summed E-state index contributed by atoms with van der Waals surface area (Å²) in [7, 11) is 0. The second-order valence-corrected chi connectivity index (χ2v) is 3.90. The lowest BCUT2D eigenvalue weighted by atomic mass is 10.0. The van der Waals surface area contributed by atoms with E-state index in [4.69, 9.17) is 17.3 Å². The van der Waals surface area contributed by atoms with E-state index in [-0.39, 0.29) is 5.78 Å². The van der Waals surface area contributed by atoms with Gasteiger partial charge in [0.15, 0.2) is 5.78 Å². The molecule has 2 rings (SSSR count). The second-order valence-electron chi connectivity index (χ2n) is 3.46. The average molecular weight is 232 g/mol. The third-order valence-electron chi connectivity index (χ3n) is 2.26. The van der Waals surface area contributed by atoms with Gasteiger partial charge in [-0.2, -0.15) is 0 Å². The Morgan fingerprint density at radius 2 is 1.69 bits per heavy atom.